The molecular weight excluding hydrogens is 508 g/mol. The van der Waals surface area contributed by atoms with E-state index in [2.05, 4.69) is 47.2 Å². The van der Waals surface area contributed by atoms with Gasteiger partial charge in [0.15, 0.2) is 6.61 Å². The Balaban J connectivity index is 2.10. The van der Waals surface area contributed by atoms with Crippen molar-refractivity contribution >= 4 is 39.4 Å². The number of non-ortho nitro benzene ring substituents is 1. The minimum Gasteiger partial charge on any atom is -0.476 e. The number of nitrogens with zero attached hydrogens (tertiary/aromatic N) is 3. The van der Waals surface area contributed by atoms with Crippen molar-refractivity contribution in [2.24, 2.45) is 10.5 Å². The predicted molar refractivity (Wildman–Crippen MR) is 132 cm³/mol. The molecule has 11 heteroatoms. The van der Waals surface area contributed by atoms with Crippen LogP contribution in [0.2, 0.25) is 0 Å². The Morgan fingerprint density at radius 3 is 2.24 bits per heavy atom. The zero-order valence-electron chi connectivity index (χ0n) is 19.6. The highest BCUT2D eigenvalue weighted by Crippen LogP contribution is 2.43. The van der Waals surface area contributed by atoms with Gasteiger partial charge in [0, 0.05) is 18.2 Å². The van der Waals surface area contributed by atoms with Gasteiger partial charge in [-0.1, -0.05) is 34.6 Å². The summed E-state index contributed by atoms with van der Waals surface area (Å²) in [7, 11) is 0. The first-order chi connectivity index (χ1) is 15.7. The number of halogens is 1. The van der Waals surface area contributed by atoms with Crippen molar-refractivity contribution in [3.8, 4) is 5.75 Å². The Morgan fingerprint density at radius 2 is 1.71 bits per heavy atom. The molecule has 0 fully saturated rings. The Kier molecular flexibility index (Phi) is 8.49. The summed E-state index contributed by atoms with van der Waals surface area (Å²) in [5, 5.41) is 26.2. The average Bonchev–Trinajstić information content (AvgIpc) is 2.70. The molecule has 0 aliphatic carbocycles. The third-order valence-electron chi connectivity index (χ3n) is 4.83. The van der Waals surface area contributed by atoms with Gasteiger partial charge in [-0.2, -0.15) is 5.10 Å². The molecule has 2 aromatic carbocycles. The molecule has 0 bridgehead atoms. The van der Waals surface area contributed by atoms with Crippen molar-refractivity contribution in [1.82, 2.24) is 5.43 Å². The van der Waals surface area contributed by atoms with Crippen LogP contribution in [0.1, 0.15) is 52.2 Å². The molecule has 1 N–H and O–H groups in total. The van der Waals surface area contributed by atoms with Crippen molar-refractivity contribution in [3.05, 3.63) is 72.2 Å². The van der Waals surface area contributed by atoms with Gasteiger partial charge in [0.1, 0.15) is 0 Å². The predicted octanol–water partition coefficient (Wildman–Crippen LogP) is 5.51. The molecule has 0 saturated heterocycles. The summed E-state index contributed by atoms with van der Waals surface area (Å²) in [6, 6.07) is 8.85. The molecular formula is C23H27BrN4O6. The number of rotatable bonds is 9. The van der Waals surface area contributed by atoms with E-state index >= 15 is 0 Å². The number of hydrazone groups is 1. The van der Waals surface area contributed by atoms with Gasteiger partial charge in [0.2, 0.25) is 5.75 Å². The molecule has 2 aromatic rings. The molecule has 0 radical (unpaired) electrons. The van der Waals surface area contributed by atoms with E-state index in [0.717, 1.165) is 12.0 Å². The lowest BCUT2D eigenvalue weighted by Crippen LogP contribution is -2.26. The lowest BCUT2D eigenvalue weighted by atomic mass is 9.72. The Labute approximate surface area is 205 Å². The average molecular weight is 535 g/mol. The topological polar surface area (TPSA) is 137 Å². The second-order valence-electron chi connectivity index (χ2n) is 9.62. The third-order valence-corrected chi connectivity index (χ3v) is 5.42. The lowest BCUT2D eigenvalue weighted by molar-refractivity contribution is -0.386. The van der Waals surface area contributed by atoms with Crippen LogP contribution in [0.15, 0.2) is 46.0 Å². The number of nitrogens with one attached hydrogen (secondary N) is 1. The molecule has 34 heavy (non-hydrogen) atoms. The largest absolute Gasteiger partial charge is 0.476 e. The maximum Gasteiger partial charge on any atom is 0.312 e. The molecule has 0 aromatic heterocycles. The first kappa shape index (κ1) is 26.9. The summed E-state index contributed by atoms with van der Waals surface area (Å²) in [6.07, 6.45) is 2.12. The van der Waals surface area contributed by atoms with Gasteiger partial charge in [0.05, 0.1) is 20.5 Å². The normalized spacial score (nSPS) is 11.9. The van der Waals surface area contributed by atoms with Crippen molar-refractivity contribution in [3.63, 3.8) is 0 Å². The van der Waals surface area contributed by atoms with E-state index in [1.165, 1.54) is 36.5 Å². The Morgan fingerprint density at radius 1 is 1.09 bits per heavy atom. The first-order valence-electron chi connectivity index (χ1n) is 10.4. The van der Waals surface area contributed by atoms with Crippen LogP contribution in [0.4, 0.5) is 11.4 Å². The van der Waals surface area contributed by atoms with Crippen molar-refractivity contribution < 1.29 is 19.4 Å². The summed E-state index contributed by atoms with van der Waals surface area (Å²) in [4.78, 5) is 33.4. The van der Waals surface area contributed by atoms with Crippen LogP contribution < -0.4 is 10.2 Å². The summed E-state index contributed by atoms with van der Waals surface area (Å²) in [6.45, 7) is 9.89. The van der Waals surface area contributed by atoms with E-state index in [9.17, 15) is 25.0 Å². The zero-order chi connectivity index (χ0) is 25.7. The van der Waals surface area contributed by atoms with Gasteiger partial charge < -0.3 is 4.74 Å². The minimum atomic E-state index is -0.628. The van der Waals surface area contributed by atoms with Crippen molar-refractivity contribution in [2.45, 2.75) is 46.5 Å². The van der Waals surface area contributed by atoms with Gasteiger partial charge in [-0.25, -0.2) is 5.43 Å². The van der Waals surface area contributed by atoms with E-state index in [0.29, 0.717) is 10.0 Å². The fraction of sp³-hybridized carbons (Fsp3) is 0.391. The van der Waals surface area contributed by atoms with Crippen LogP contribution in [0.3, 0.4) is 0 Å². The standard InChI is InChI=1S/C23H27BrN4O6/c1-22(2,3)14-23(4,5)16-10-18(24)21(19(11-16)28(32)33)34-13-20(29)26-25-12-15-6-8-17(9-7-15)27(30)31/h6-12H,13-14H2,1-5H3,(H,26,29)/b25-12+. The van der Waals surface area contributed by atoms with E-state index < -0.39 is 22.4 Å². The highest BCUT2D eigenvalue weighted by molar-refractivity contribution is 9.10. The summed E-state index contributed by atoms with van der Waals surface area (Å²) >= 11 is 3.35. The summed E-state index contributed by atoms with van der Waals surface area (Å²) < 4.78 is 5.83. The number of nitro groups is 2. The van der Waals surface area contributed by atoms with Crippen LogP contribution in [0, 0.1) is 25.6 Å². The van der Waals surface area contributed by atoms with Crippen LogP contribution in [-0.4, -0.2) is 28.6 Å². The van der Waals surface area contributed by atoms with Crippen LogP contribution >= 0.6 is 15.9 Å². The monoisotopic (exact) mass is 534 g/mol. The smallest absolute Gasteiger partial charge is 0.312 e. The zero-order valence-corrected chi connectivity index (χ0v) is 21.2. The number of hydrogen-bond acceptors (Lipinski definition) is 7. The number of carbonyl (C=O) groups excluding carboxylic acids is 1. The van der Waals surface area contributed by atoms with Crippen LogP contribution in [0.25, 0.3) is 0 Å². The van der Waals surface area contributed by atoms with E-state index in [1.807, 2.05) is 13.8 Å². The number of amides is 1. The minimum absolute atomic E-state index is 0.0208. The van der Waals surface area contributed by atoms with E-state index in [4.69, 9.17) is 4.74 Å². The quantitative estimate of drug-likeness (QED) is 0.255. The number of carbonyl (C=O) groups is 1. The van der Waals surface area contributed by atoms with Crippen LogP contribution in [0.5, 0.6) is 5.75 Å². The fourth-order valence-corrected chi connectivity index (χ4v) is 4.27. The molecule has 1 amide bonds. The third kappa shape index (κ3) is 7.62. The molecule has 0 aliphatic heterocycles. The SMILES string of the molecule is CC(C)(C)CC(C)(C)c1cc(Br)c(OCC(=O)N/N=C/c2ccc([N+](=O)[O-])cc2)c([N+](=O)[O-])c1. The Bertz CT molecular complexity index is 1110. The maximum absolute atomic E-state index is 12.1. The van der Waals surface area contributed by atoms with Gasteiger partial charge in [-0.05, 0) is 62.5 Å². The van der Waals surface area contributed by atoms with Crippen molar-refractivity contribution in [1.29, 1.82) is 0 Å². The molecule has 0 unspecified atom stereocenters. The van der Waals surface area contributed by atoms with Gasteiger partial charge >= 0.3 is 5.69 Å². The number of benzene rings is 2. The van der Waals surface area contributed by atoms with E-state index in [-0.39, 0.29) is 28.0 Å². The molecule has 0 saturated carbocycles. The van der Waals surface area contributed by atoms with Gasteiger partial charge in [-0.15, -0.1) is 0 Å². The molecule has 0 atom stereocenters. The van der Waals surface area contributed by atoms with E-state index in [1.54, 1.807) is 6.07 Å². The van der Waals surface area contributed by atoms with Gasteiger partial charge in [0.25, 0.3) is 11.6 Å². The van der Waals surface area contributed by atoms with Gasteiger partial charge in [-0.3, -0.25) is 25.0 Å². The molecule has 10 nitrogen and oxygen atoms in total. The first-order valence-corrected chi connectivity index (χ1v) is 11.2. The molecule has 0 heterocycles. The highest BCUT2D eigenvalue weighted by atomic mass is 79.9. The number of ether oxygens (including phenoxy) is 1. The molecule has 182 valence electrons. The molecule has 0 aliphatic rings. The van der Waals surface area contributed by atoms with Crippen molar-refractivity contribution in [2.75, 3.05) is 6.61 Å². The highest BCUT2D eigenvalue weighted by Gasteiger charge is 2.31. The Hall–Kier alpha value is -3.34. The summed E-state index contributed by atoms with van der Waals surface area (Å²) in [5.74, 6) is -0.675. The number of hydrogen-bond donors (Lipinski definition) is 1. The maximum atomic E-state index is 12.1. The van der Waals surface area contributed by atoms with Crippen LogP contribution in [-0.2, 0) is 10.2 Å². The molecule has 0 spiro atoms. The summed E-state index contributed by atoms with van der Waals surface area (Å²) in [5.41, 5.74) is 2.97. The fourth-order valence-electron chi connectivity index (χ4n) is 3.71. The second-order valence-corrected chi connectivity index (χ2v) is 10.5. The second kappa shape index (κ2) is 10.7. The molecule has 2 rings (SSSR count). The number of nitro benzene ring substituents is 2. The lowest BCUT2D eigenvalue weighted by Gasteiger charge is -2.33.